The third kappa shape index (κ3) is 4.14. The number of rotatable bonds is 5. The van der Waals surface area contributed by atoms with Crippen molar-refractivity contribution in [3.63, 3.8) is 0 Å². The Balaban J connectivity index is 0.00000225. The third-order valence-corrected chi connectivity index (χ3v) is 4.49. The van der Waals surface area contributed by atoms with E-state index in [1.54, 1.807) is 13.2 Å². The molecule has 1 unspecified atom stereocenters. The highest BCUT2D eigenvalue weighted by Crippen LogP contribution is 2.35. The van der Waals surface area contributed by atoms with Gasteiger partial charge in [0.2, 0.25) is 0 Å². The first-order chi connectivity index (χ1) is 11.6. The van der Waals surface area contributed by atoms with Crippen LogP contribution in [0.1, 0.15) is 27.9 Å². The number of nitrogens with one attached hydrogen (secondary N) is 1. The first-order valence-electron chi connectivity index (χ1n) is 8.04. The number of aromatic hydroxyl groups is 2. The van der Waals surface area contributed by atoms with E-state index in [-0.39, 0.29) is 40.3 Å². The highest BCUT2D eigenvalue weighted by atomic mass is 79.9. The second-order valence-corrected chi connectivity index (χ2v) is 5.97. The number of carbonyl (C=O) groups is 1. The molecule has 5 nitrogen and oxygen atoms in total. The molecule has 0 amide bonds. The van der Waals surface area contributed by atoms with Crippen LogP contribution in [0.15, 0.2) is 36.4 Å². The van der Waals surface area contributed by atoms with Crippen LogP contribution in [0.2, 0.25) is 0 Å². The van der Waals surface area contributed by atoms with Crippen LogP contribution in [0.4, 0.5) is 0 Å². The van der Waals surface area contributed by atoms with Gasteiger partial charge in [0.15, 0.2) is 17.3 Å². The fourth-order valence-electron chi connectivity index (χ4n) is 3.09. The summed E-state index contributed by atoms with van der Waals surface area (Å²) in [4.78, 5) is 12.5. The number of fused-ring (bicyclic) bond motifs is 1. The van der Waals surface area contributed by atoms with Gasteiger partial charge in [0.25, 0.3) is 0 Å². The highest BCUT2D eigenvalue weighted by molar-refractivity contribution is 8.93. The first kappa shape index (κ1) is 19.3. The molecule has 0 radical (unpaired) electrons. The van der Waals surface area contributed by atoms with E-state index in [1.807, 2.05) is 24.3 Å². The molecule has 1 aliphatic rings. The lowest BCUT2D eigenvalue weighted by atomic mass is 9.86. The zero-order valence-corrected chi connectivity index (χ0v) is 15.7. The summed E-state index contributed by atoms with van der Waals surface area (Å²) in [5, 5.41) is 22.7. The molecule has 2 aromatic rings. The largest absolute Gasteiger partial charge is 0.504 e. The van der Waals surface area contributed by atoms with E-state index >= 15 is 0 Å². The first-order valence-corrected chi connectivity index (χ1v) is 8.04. The number of ether oxygens (including phenoxy) is 1. The van der Waals surface area contributed by atoms with Gasteiger partial charge in [-0.05, 0) is 55.6 Å². The molecule has 0 bridgehead atoms. The molecule has 0 aromatic heterocycles. The predicted molar refractivity (Wildman–Crippen MR) is 101 cm³/mol. The van der Waals surface area contributed by atoms with E-state index in [1.165, 1.54) is 11.6 Å². The average molecular weight is 408 g/mol. The van der Waals surface area contributed by atoms with Gasteiger partial charge in [0.05, 0.1) is 13.2 Å². The van der Waals surface area contributed by atoms with Gasteiger partial charge in [0.1, 0.15) is 5.75 Å². The van der Waals surface area contributed by atoms with E-state index in [9.17, 15) is 15.0 Å². The minimum absolute atomic E-state index is 0. The molecule has 3 N–H and O–H groups in total. The average Bonchev–Trinajstić information content (AvgIpc) is 2.61. The second kappa shape index (κ2) is 8.36. The predicted octanol–water partition coefficient (Wildman–Crippen LogP) is 3.01. The van der Waals surface area contributed by atoms with Crippen LogP contribution >= 0.6 is 17.0 Å². The lowest BCUT2D eigenvalue weighted by Gasteiger charge is -2.25. The Kier molecular flexibility index (Phi) is 6.45. The molecule has 0 heterocycles. The summed E-state index contributed by atoms with van der Waals surface area (Å²) in [5.74, 6) is 0.458. The number of methoxy groups -OCH3 is 1. The van der Waals surface area contributed by atoms with Crippen molar-refractivity contribution in [2.45, 2.75) is 25.3 Å². The van der Waals surface area contributed by atoms with Crippen molar-refractivity contribution in [2.24, 2.45) is 0 Å². The normalized spacial score (nSPS) is 16.0. The third-order valence-electron chi connectivity index (χ3n) is 4.49. The minimum atomic E-state index is -0.250. The number of carbonyl (C=O) groups excluding carboxylic acids is 1. The molecule has 6 heteroatoms. The number of halogens is 1. The van der Waals surface area contributed by atoms with Crippen LogP contribution in [-0.4, -0.2) is 35.7 Å². The number of ketones is 1. The maximum Gasteiger partial charge on any atom is 0.180 e. The van der Waals surface area contributed by atoms with E-state index < -0.39 is 0 Å². The molecule has 0 fully saturated rings. The standard InChI is InChI=1S/C19H21NO4.BrH/c1-24-13-4-2-12(3-5-13)10-11-20-16-8-6-15-14(18(16)22)7-9-17(21)19(15)23;/h2-5,7,9,16,20-21,23H,6,8,10-11H2,1H3;1H. The number of phenols is 2. The molecule has 25 heavy (non-hydrogen) atoms. The Morgan fingerprint density at radius 2 is 1.88 bits per heavy atom. The number of benzene rings is 2. The summed E-state index contributed by atoms with van der Waals surface area (Å²) >= 11 is 0. The summed E-state index contributed by atoms with van der Waals surface area (Å²) in [6.45, 7) is 0.697. The quantitative estimate of drug-likeness (QED) is 0.663. The van der Waals surface area contributed by atoms with E-state index in [0.717, 1.165) is 12.2 Å². The molecule has 0 saturated carbocycles. The Hall–Kier alpha value is -2.05. The summed E-state index contributed by atoms with van der Waals surface area (Å²) in [7, 11) is 1.64. The molecule has 1 aliphatic carbocycles. The lowest BCUT2D eigenvalue weighted by molar-refractivity contribution is 0.0927. The summed E-state index contributed by atoms with van der Waals surface area (Å²) < 4.78 is 5.14. The summed E-state index contributed by atoms with van der Waals surface area (Å²) in [6, 6.07) is 10.6. The topological polar surface area (TPSA) is 78.8 Å². The Morgan fingerprint density at radius 1 is 1.16 bits per heavy atom. The van der Waals surface area contributed by atoms with Gasteiger partial charge in [-0.15, -0.1) is 17.0 Å². The monoisotopic (exact) mass is 407 g/mol. The zero-order valence-electron chi connectivity index (χ0n) is 14.0. The number of phenolic OH excluding ortho intramolecular Hbond substituents is 2. The minimum Gasteiger partial charge on any atom is -0.504 e. The van der Waals surface area contributed by atoms with Crippen LogP contribution in [0.5, 0.6) is 17.2 Å². The molecule has 1 atom stereocenters. The van der Waals surface area contributed by atoms with Gasteiger partial charge in [-0.25, -0.2) is 0 Å². The molecular weight excluding hydrogens is 386 g/mol. The van der Waals surface area contributed by atoms with Crippen LogP contribution in [0.3, 0.4) is 0 Å². The lowest BCUT2D eigenvalue weighted by Crippen LogP contribution is -2.41. The maximum absolute atomic E-state index is 12.5. The number of Topliss-reactive ketones (excluding diaryl/α,β-unsaturated/α-hetero) is 1. The molecular formula is C19H22BrNO4. The maximum atomic E-state index is 12.5. The van der Waals surface area contributed by atoms with Gasteiger partial charge < -0.3 is 20.3 Å². The molecule has 3 rings (SSSR count). The zero-order chi connectivity index (χ0) is 17.1. The SMILES string of the molecule is Br.COc1ccc(CCNC2CCc3c(ccc(O)c3O)C2=O)cc1. The van der Waals surface area contributed by atoms with Crippen molar-refractivity contribution in [1.82, 2.24) is 5.32 Å². The van der Waals surface area contributed by atoms with Crippen LogP contribution < -0.4 is 10.1 Å². The van der Waals surface area contributed by atoms with Crippen molar-refractivity contribution in [1.29, 1.82) is 0 Å². The fourth-order valence-corrected chi connectivity index (χ4v) is 3.09. The smallest absolute Gasteiger partial charge is 0.180 e. The van der Waals surface area contributed by atoms with Gasteiger partial charge in [-0.1, -0.05) is 12.1 Å². The molecule has 2 aromatic carbocycles. The van der Waals surface area contributed by atoms with Gasteiger partial charge in [-0.3, -0.25) is 4.79 Å². The number of hydrogen-bond acceptors (Lipinski definition) is 5. The summed E-state index contributed by atoms with van der Waals surface area (Å²) in [5.41, 5.74) is 2.22. The van der Waals surface area contributed by atoms with Crippen molar-refractivity contribution < 1.29 is 19.7 Å². The van der Waals surface area contributed by atoms with Crippen molar-refractivity contribution in [2.75, 3.05) is 13.7 Å². The van der Waals surface area contributed by atoms with Crippen LogP contribution in [-0.2, 0) is 12.8 Å². The molecule has 0 saturated heterocycles. The van der Waals surface area contributed by atoms with Crippen molar-refractivity contribution in [3.05, 3.63) is 53.1 Å². The second-order valence-electron chi connectivity index (χ2n) is 5.97. The summed E-state index contributed by atoms with van der Waals surface area (Å²) in [6.07, 6.45) is 2.01. The van der Waals surface area contributed by atoms with Crippen LogP contribution in [0, 0.1) is 0 Å². The Bertz CT molecular complexity index is 746. The van der Waals surface area contributed by atoms with Gasteiger partial charge in [-0.2, -0.15) is 0 Å². The van der Waals surface area contributed by atoms with Gasteiger partial charge >= 0.3 is 0 Å². The fraction of sp³-hybridized carbons (Fsp3) is 0.316. The van der Waals surface area contributed by atoms with Gasteiger partial charge in [0, 0.05) is 11.1 Å². The van der Waals surface area contributed by atoms with Crippen LogP contribution in [0.25, 0.3) is 0 Å². The van der Waals surface area contributed by atoms with E-state index in [2.05, 4.69) is 5.32 Å². The Morgan fingerprint density at radius 3 is 2.56 bits per heavy atom. The van der Waals surface area contributed by atoms with E-state index in [0.29, 0.717) is 30.5 Å². The van der Waals surface area contributed by atoms with Crippen molar-refractivity contribution in [3.8, 4) is 17.2 Å². The van der Waals surface area contributed by atoms with E-state index in [4.69, 9.17) is 4.74 Å². The molecule has 134 valence electrons. The van der Waals surface area contributed by atoms with Crippen molar-refractivity contribution >= 4 is 22.8 Å². The Labute approximate surface area is 157 Å². The number of hydrogen-bond donors (Lipinski definition) is 3. The molecule has 0 spiro atoms. The highest BCUT2D eigenvalue weighted by Gasteiger charge is 2.29. The molecule has 0 aliphatic heterocycles.